The Kier molecular flexibility index (Phi) is 5.77. The van der Waals surface area contributed by atoms with E-state index in [1.807, 2.05) is 25.1 Å². The summed E-state index contributed by atoms with van der Waals surface area (Å²) < 4.78 is 10.6. The molecule has 0 saturated carbocycles. The fourth-order valence-electron chi connectivity index (χ4n) is 2.68. The third kappa shape index (κ3) is 4.86. The molecule has 8 heteroatoms. The Labute approximate surface area is 146 Å². The zero-order valence-corrected chi connectivity index (χ0v) is 14.2. The monoisotopic (exact) mass is 345 g/mol. The molecule has 0 radical (unpaired) electrons. The van der Waals surface area contributed by atoms with Gasteiger partial charge in [-0.3, -0.25) is 4.90 Å². The molecule has 4 rings (SSSR count). The summed E-state index contributed by atoms with van der Waals surface area (Å²) in [5.74, 6) is 1.59. The molecule has 1 fully saturated rings. The van der Waals surface area contributed by atoms with Crippen LogP contribution in [0.1, 0.15) is 11.1 Å². The van der Waals surface area contributed by atoms with Crippen molar-refractivity contribution in [3.8, 4) is 11.5 Å². The summed E-state index contributed by atoms with van der Waals surface area (Å²) in [6.45, 7) is 4.86. The normalized spacial score (nSPS) is 20.0. The summed E-state index contributed by atoms with van der Waals surface area (Å²) in [4.78, 5) is 9.69. The van der Waals surface area contributed by atoms with Crippen molar-refractivity contribution in [2.24, 2.45) is 5.73 Å². The average Bonchev–Trinajstić information content (AvgIpc) is 3.06. The third-order valence-corrected chi connectivity index (χ3v) is 4.02. The van der Waals surface area contributed by atoms with Gasteiger partial charge in [-0.1, -0.05) is 6.07 Å². The highest BCUT2D eigenvalue weighted by Gasteiger charge is 2.23. The van der Waals surface area contributed by atoms with Gasteiger partial charge in [-0.2, -0.15) is 5.06 Å². The van der Waals surface area contributed by atoms with Gasteiger partial charge in [0.05, 0.1) is 12.7 Å². The molecular weight excluding hydrogens is 322 g/mol. The number of aryl methyl sites for hydroxylation is 1. The molecule has 3 heterocycles. The number of nitrogens with zero attached hydrogens (tertiary/aromatic N) is 4. The minimum atomic E-state index is -0.144. The van der Waals surface area contributed by atoms with E-state index < -0.39 is 0 Å². The van der Waals surface area contributed by atoms with Gasteiger partial charge in [0.25, 0.3) is 0 Å². The van der Waals surface area contributed by atoms with Crippen molar-refractivity contribution in [3.05, 3.63) is 48.0 Å². The van der Waals surface area contributed by atoms with Gasteiger partial charge in [0.1, 0.15) is 6.33 Å². The van der Waals surface area contributed by atoms with E-state index in [0.29, 0.717) is 19.9 Å². The molecule has 1 aromatic heterocycles. The second kappa shape index (κ2) is 8.21. The molecule has 1 aromatic carbocycles. The Balaban J connectivity index is 0.000000219. The van der Waals surface area contributed by atoms with E-state index in [1.54, 1.807) is 12.4 Å². The Bertz CT molecular complexity index is 685. The summed E-state index contributed by atoms with van der Waals surface area (Å²) in [6.07, 6.45) is 4.92. The third-order valence-electron chi connectivity index (χ3n) is 4.02. The van der Waals surface area contributed by atoms with Crippen LogP contribution in [-0.4, -0.2) is 57.7 Å². The van der Waals surface area contributed by atoms with Crippen molar-refractivity contribution in [1.29, 1.82) is 0 Å². The van der Waals surface area contributed by atoms with E-state index in [4.69, 9.17) is 15.2 Å². The van der Waals surface area contributed by atoms with Crippen LogP contribution in [0.5, 0.6) is 11.5 Å². The van der Waals surface area contributed by atoms with Crippen LogP contribution in [0.15, 0.2) is 36.9 Å². The van der Waals surface area contributed by atoms with Crippen molar-refractivity contribution in [1.82, 2.24) is 19.9 Å². The number of aromatic nitrogens is 2. The minimum absolute atomic E-state index is 0.144. The average molecular weight is 345 g/mol. The zero-order valence-electron chi connectivity index (χ0n) is 14.2. The van der Waals surface area contributed by atoms with Gasteiger partial charge in [0, 0.05) is 32.0 Å². The first-order valence-electron chi connectivity index (χ1n) is 8.15. The van der Waals surface area contributed by atoms with Crippen LogP contribution in [0.2, 0.25) is 0 Å². The largest absolute Gasteiger partial charge is 0.454 e. The molecule has 0 bridgehead atoms. The van der Waals surface area contributed by atoms with Gasteiger partial charge in [0.15, 0.2) is 11.5 Å². The molecule has 1 atom stereocenters. The van der Waals surface area contributed by atoms with Crippen LogP contribution >= 0.6 is 0 Å². The van der Waals surface area contributed by atoms with Crippen molar-refractivity contribution in [2.45, 2.75) is 19.6 Å². The van der Waals surface area contributed by atoms with Crippen molar-refractivity contribution in [3.63, 3.8) is 0 Å². The number of piperazine rings is 1. The Hall–Kier alpha value is -2.26. The molecule has 3 N–H and O–H groups in total. The van der Waals surface area contributed by atoms with Crippen LogP contribution in [0.25, 0.3) is 0 Å². The Morgan fingerprint density at radius 3 is 2.64 bits per heavy atom. The quantitative estimate of drug-likeness (QED) is 0.832. The first kappa shape index (κ1) is 17.6. The van der Waals surface area contributed by atoms with E-state index in [1.165, 1.54) is 11.4 Å². The topological polar surface area (TPSA) is 97.0 Å². The number of hydrogen-bond acceptors (Lipinski definition) is 8. The van der Waals surface area contributed by atoms with E-state index in [2.05, 4.69) is 14.9 Å². The minimum Gasteiger partial charge on any atom is -0.454 e. The maximum Gasteiger partial charge on any atom is 0.231 e. The van der Waals surface area contributed by atoms with E-state index in [9.17, 15) is 5.21 Å². The maximum absolute atomic E-state index is 9.38. The number of hydrogen-bond donors (Lipinski definition) is 2. The number of ether oxygens (including phenoxy) is 2. The fraction of sp³-hybridized carbons (Fsp3) is 0.412. The molecule has 0 amide bonds. The van der Waals surface area contributed by atoms with E-state index >= 15 is 0 Å². The summed E-state index contributed by atoms with van der Waals surface area (Å²) in [5.41, 5.74) is 8.24. The highest BCUT2D eigenvalue weighted by Crippen LogP contribution is 2.32. The van der Waals surface area contributed by atoms with Crippen LogP contribution in [0, 0.1) is 6.92 Å². The summed E-state index contributed by atoms with van der Waals surface area (Å²) >= 11 is 0. The van der Waals surface area contributed by atoms with Gasteiger partial charge in [-0.15, -0.1) is 0 Å². The van der Waals surface area contributed by atoms with Crippen LogP contribution < -0.4 is 15.2 Å². The predicted octanol–water partition coefficient (Wildman–Crippen LogP) is 0.992. The lowest BCUT2D eigenvalue weighted by molar-refractivity contribution is -0.134. The number of hydroxylamine groups is 2. The van der Waals surface area contributed by atoms with Gasteiger partial charge in [0.2, 0.25) is 6.79 Å². The summed E-state index contributed by atoms with van der Waals surface area (Å²) in [5, 5.41) is 10.6. The second-order valence-electron chi connectivity index (χ2n) is 6.05. The van der Waals surface area contributed by atoms with Gasteiger partial charge in [-0.05, 0) is 30.2 Å². The summed E-state index contributed by atoms with van der Waals surface area (Å²) in [6, 6.07) is 5.93. The molecule has 2 aliphatic heterocycles. The summed E-state index contributed by atoms with van der Waals surface area (Å²) in [7, 11) is 0. The first-order chi connectivity index (χ1) is 12.1. The Morgan fingerprint density at radius 1 is 1.20 bits per heavy atom. The predicted molar refractivity (Wildman–Crippen MR) is 91.1 cm³/mol. The van der Waals surface area contributed by atoms with Crippen LogP contribution in [0.4, 0.5) is 0 Å². The number of fused-ring (bicyclic) bond motifs is 1. The SMILES string of the molecule is Cc1cncnc1.NC1CN(O)CCN1Cc1ccc2c(c1)OCO2. The van der Waals surface area contributed by atoms with Crippen LogP contribution in [-0.2, 0) is 6.54 Å². The molecule has 8 nitrogen and oxygen atoms in total. The van der Waals surface area contributed by atoms with Gasteiger partial charge >= 0.3 is 0 Å². The highest BCUT2D eigenvalue weighted by molar-refractivity contribution is 5.44. The number of rotatable bonds is 2. The first-order valence-corrected chi connectivity index (χ1v) is 8.15. The molecule has 134 valence electrons. The number of benzene rings is 1. The number of nitrogens with two attached hydrogens (primary N) is 1. The van der Waals surface area contributed by atoms with Gasteiger partial charge < -0.3 is 20.4 Å². The molecule has 0 spiro atoms. The molecular formula is C17H23N5O3. The fourth-order valence-corrected chi connectivity index (χ4v) is 2.68. The Morgan fingerprint density at radius 2 is 1.96 bits per heavy atom. The maximum atomic E-state index is 9.38. The lowest BCUT2D eigenvalue weighted by Gasteiger charge is -2.36. The highest BCUT2D eigenvalue weighted by atomic mass is 16.7. The molecule has 1 unspecified atom stereocenters. The molecule has 1 saturated heterocycles. The standard InChI is InChI=1S/C12H17N3O3.C5H6N2/c13-12-7-15(16)4-3-14(12)6-9-1-2-10-11(5-9)18-8-17-10;1-5-2-6-4-7-3-5/h1-2,5,12,16H,3-4,6-8,13H2;2-4H,1H3. The molecule has 2 aliphatic rings. The molecule has 2 aromatic rings. The zero-order chi connectivity index (χ0) is 17.6. The lowest BCUT2D eigenvalue weighted by atomic mass is 10.1. The van der Waals surface area contributed by atoms with Crippen molar-refractivity contribution in [2.75, 3.05) is 26.4 Å². The van der Waals surface area contributed by atoms with Gasteiger partial charge in [-0.25, -0.2) is 9.97 Å². The van der Waals surface area contributed by atoms with E-state index in [0.717, 1.165) is 35.7 Å². The van der Waals surface area contributed by atoms with Crippen LogP contribution in [0.3, 0.4) is 0 Å². The van der Waals surface area contributed by atoms with Crippen molar-refractivity contribution >= 4 is 0 Å². The second-order valence-corrected chi connectivity index (χ2v) is 6.05. The smallest absolute Gasteiger partial charge is 0.231 e. The molecule has 0 aliphatic carbocycles. The van der Waals surface area contributed by atoms with Crippen molar-refractivity contribution < 1.29 is 14.7 Å². The molecule has 25 heavy (non-hydrogen) atoms. The van der Waals surface area contributed by atoms with E-state index in [-0.39, 0.29) is 6.17 Å². The lowest BCUT2D eigenvalue weighted by Crippen LogP contribution is -2.55.